The summed E-state index contributed by atoms with van der Waals surface area (Å²) in [5, 5.41) is 0.518. The van der Waals surface area contributed by atoms with E-state index in [1.165, 1.54) is 19.3 Å². The quantitative estimate of drug-likeness (QED) is 0.584. The molecule has 2 aliphatic rings. The minimum Gasteiger partial charge on any atom is -0.257 e. The van der Waals surface area contributed by atoms with E-state index in [4.69, 9.17) is 12.6 Å². The maximum atomic E-state index is 4.92. The Kier molecular flexibility index (Phi) is 3.11. The molecule has 1 N–H and O–H groups in total. The first-order chi connectivity index (χ1) is 7.04. The largest absolute Gasteiger partial charge is 0.257 e. The molecule has 88 valence electrons. The lowest BCUT2D eigenvalue weighted by atomic mass is 9.48. The first kappa shape index (κ1) is 12.1. The molecule has 0 amide bonds. The maximum absolute atomic E-state index is 4.92. The summed E-state index contributed by atoms with van der Waals surface area (Å²) in [6.07, 6.45) is 6.10. The fourth-order valence-corrected chi connectivity index (χ4v) is 5.87. The maximum Gasteiger partial charge on any atom is 0.0435 e. The molecule has 2 aliphatic carbocycles. The second kappa shape index (κ2) is 3.85. The third-order valence-corrected chi connectivity index (χ3v) is 6.88. The van der Waals surface area contributed by atoms with Crippen molar-refractivity contribution in [1.29, 1.82) is 0 Å². The standard InChI is InChI=1S/C12H23NS2/c1-5-12(13-15-4)9-7-6-8(2)11(9,3)10(12)14/h8-10,13-14H,5-7H2,1-4H3/t8-,9?,10?,11?,12?/m0/s1. The van der Waals surface area contributed by atoms with Crippen molar-refractivity contribution >= 4 is 24.6 Å². The topological polar surface area (TPSA) is 12.0 Å². The van der Waals surface area contributed by atoms with Gasteiger partial charge in [-0.1, -0.05) is 32.7 Å². The Balaban J connectivity index is 2.25. The Hall–Kier alpha value is 0.660. The first-order valence-electron chi connectivity index (χ1n) is 6.02. The summed E-state index contributed by atoms with van der Waals surface area (Å²) in [6, 6.07) is 0. The summed E-state index contributed by atoms with van der Waals surface area (Å²) < 4.78 is 3.65. The van der Waals surface area contributed by atoms with E-state index in [9.17, 15) is 0 Å². The van der Waals surface area contributed by atoms with Crippen LogP contribution in [0.1, 0.15) is 40.0 Å². The Bertz CT molecular complexity index is 258. The van der Waals surface area contributed by atoms with Crippen LogP contribution in [0.3, 0.4) is 0 Å². The van der Waals surface area contributed by atoms with Crippen molar-refractivity contribution in [2.24, 2.45) is 17.3 Å². The van der Waals surface area contributed by atoms with Crippen LogP contribution in [0, 0.1) is 17.3 Å². The van der Waals surface area contributed by atoms with Gasteiger partial charge in [-0.3, -0.25) is 4.72 Å². The van der Waals surface area contributed by atoms with E-state index in [1.54, 1.807) is 11.9 Å². The van der Waals surface area contributed by atoms with E-state index < -0.39 is 0 Å². The monoisotopic (exact) mass is 245 g/mol. The number of hydrogen-bond acceptors (Lipinski definition) is 3. The summed E-state index contributed by atoms with van der Waals surface area (Å²) in [4.78, 5) is 0. The normalized spacial score (nSPS) is 53.8. The van der Waals surface area contributed by atoms with Crippen molar-refractivity contribution in [1.82, 2.24) is 4.72 Å². The van der Waals surface area contributed by atoms with Gasteiger partial charge in [0, 0.05) is 10.8 Å². The first-order valence-corrected chi connectivity index (χ1v) is 7.76. The van der Waals surface area contributed by atoms with Crippen molar-refractivity contribution in [2.45, 2.75) is 50.8 Å². The highest BCUT2D eigenvalue weighted by molar-refractivity contribution is 7.96. The molecule has 0 spiro atoms. The Morgan fingerprint density at radius 1 is 1.47 bits per heavy atom. The predicted molar refractivity (Wildman–Crippen MR) is 72.4 cm³/mol. The second-order valence-electron chi connectivity index (χ2n) is 5.50. The van der Waals surface area contributed by atoms with Gasteiger partial charge in [-0.25, -0.2) is 0 Å². The number of rotatable bonds is 3. The zero-order chi connectivity index (χ0) is 11.3. The van der Waals surface area contributed by atoms with Gasteiger partial charge in [0.05, 0.1) is 0 Å². The lowest BCUT2D eigenvalue weighted by molar-refractivity contribution is -0.0476. The molecular formula is C12H23NS2. The van der Waals surface area contributed by atoms with Crippen LogP contribution in [0.25, 0.3) is 0 Å². The van der Waals surface area contributed by atoms with E-state index in [1.807, 2.05) is 0 Å². The zero-order valence-electron chi connectivity index (χ0n) is 10.2. The molecule has 2 saturated carbocycles. The van der Waals surface area contributed by atoms with Crippen molar-refractivity contribution in [3.05, 3.63) is 0 Å². The Labute approximate surface area is 104 Å². The molecule has 5 atom stereocenters. The summed E-state index contributed by atoms with van der Waals surface area (Å²) in [5.41, 5.74) is 0.768. The van der Waals surface area contributed by atoms with Crippen molar-refractivity contribution in [2.75, 3.05) is 6.26 Å². The van der Waals surface area contributed by atoms with E-state index >= 15 is 0 Å². The average Bonchev–Trinajstić information content (AvgIpc) is 2.51. The molecule has 0 bridgehead atoms. The lowest BCUT2D eigenvalue weighted by Crippen LogP contribution is -2.73. The summed E-state index contributed by atoms with van der Waals surface area (Å²) in [7, 11) is 0. The molecule has 0 aromatic heterocycles. The van der Waals surface area contributed by atoms with Crippen LogP contribution in [-0.2, 0) is 0 Å². The SMILES string of the molecule is CCC1(NSC)C(S)C2(C)C1CC[C@@H]2C. The van der Waals surface area contributed by atoms with E-state index in [0.717, 1.165) is 11.8 Å². The van der Waals surface area contributed by atoms with Gasteiger partial charge >= 0.3 is 0 Å². The van der Waals surface area contributed by atoms with Gasteiger partial charge in [-0.05, 0) is 42.8 Å². The highest BCUT2D eigenvalue weighted by Crippen LogP contribution is 2.68. The molecular weight excluding hydrogens is 222 g/mol. The molecule has 2 rings (SSSR count). The van der Waals surface area contributed by atoms with Gasteiger partial charge in [0.15, 0.2) is 0 Å². The molecule has 0 saturated heterocycles. The minimum absolute atomic E-state index is 0.294. The van der Waals surface area contributed by atoms with E-state index in [0.29, 0.717) is 16.2 Å². The molecule has 3 heteroatoms. The summed E-state index contributed by atoms with van der Waals surface area (Å²) in [5.74, 6) is 1.67. The van der Waals surface area contributed by atoms with E-state index in [2.05, 4.69) is 31.7 Å². The minimum atomic E-state index is 0.294. The van der Waals surface area contributed by atoms with Crippen LogP contribution in [0.4, 0.5) is 0 Å². The number of thiol groups is 1. The summed E-state index contributed by atoms with van der Waals surface area (Å²) in [6.45, 7) is 7.15. The van der Waals surface area contributed by atoms with Crippen LogP contribution >= 0.6 is 24.6 Å². The molecule has 2 fully saturated rings. The highest BCUT2D eigenvalue weighted by atomic mass is 32.2. The van der Waals surface area contributed by atoms with Crippen molar-refractivity contribution < 1.29 is 0 Å². The Morgan fingerprint density at radius 2 is 2.13 bits per heavy atom. The molecule has 0 aromatic carbocycles. The van der Waals surface area contributed by atoms with Crippen molar-refractivity contribution in [3.8, 4) is 0 Å². The molecule has 0 heterocycles. The van der Waals surface area contributed by atoms with E-state index in [-0.39, 0.29) is 0 Å². The van der Waals surface area contributed by atoms with Gasteiger partial charge in [-0.2, -0.15) is 12.6 Å². The molecule has 1 nitrogen and oxygen atoms in total. The molecule has 0 aliphatic heterocycles. The van der Waals surface area contributed by atoms with Gasteiger partial charge in [0.1, 0.15) is 0 Å². The van der Waals surface area contributed by atoms with Gasteiger partial charge < -0.3 is 0 Å². The third-order valence-electron chi connectivity index (χ3n) is 5.28. The zero-order valence-corrected chi connectivity index (χ0v) is 11.9. The van der Waals surface area contributed by atoms with Crippen LogP contribution in [0.5, 0.6) is 0 Å². The molecule has 0 radical (unpaired) electrons. The molecule has 4 unspecified atom stereocenters. The third kappa shape index (κ3) is 1.29. The molecule has 0 aromatic rings. The van der Waals surface area contributed by atoms with Crippen LogP contribution in [-0.4, -0.2) is 17.0 Å². The van der Waals surface area contributed by atoms with Crippen LogP contribution < -0.4 is 4.72 Å². The van der Waals surface area contributed by atoms with Gasteiger partial charge in [0.2, 0.25) is 0 Å². The lowest BCUT2D eigenvalue weighted by Gasteiger charge is -2.65. The smallest absolute Gasteiger partial charge is 0.0435 e. The second-order valence-corrected chi connectivity index (χ2v) is 6.63. The number of nitrogens with one attached hydrogen (secondary N) is 1. The fraction of sp³-hybridized carbons (Fsp3) is 1.00. The van der Waals surface area contributed by atoms with Crippen LogP contribution in [0.15, 0.2) is 0 Å². The van der Waals surface area contributed by atoms with Crippen LogP contribution in [0.2, 0.25) is 0 Å². The number of fused-ring (bicyclic) bond motifs is 1. The Morgan fingerprint density at radius 3 is 2.67 bits per heavy atom. The highest BCUT2D eigenvalue weighted by Gasteiger charge is 2.69. The van der Waals surface area contributed by atoms with Crippen molar-refractivity contribution in [3.63, 3.8) is 0 Å². The summed E-state index contributed by atoms with van der Waals surface area (Å²) >= 11 is 6.69. The number of hydrogen-bond donors (Lipinski definition) is 2. The fourth-order valence-electron chi connectivity index (χ4n) is 4.13. The average molecular weight is 245 g/mol. The van der Waals surface area contributed by atoms with Gasteiger partial charge in [0.25, 0.3) is 0 Å². The van der Waals surface area contributed by atoms with Gasteiger partial charge in [-0.15, -0.1) is 0 Å². The molecule has 15 heavy (non-hydrogen) atoms. The predicted octanol–water partition coefficient (Wildman–Crippen LogP) is 3.37.